The summed E-state index contributed by atoms with van der Waals surface area (Å²) in [5.74, 6) is -1.07. The smallest absolute Gasteiger partial charge is 0.240 e. The molecule has 0 aliphatic rings. The van der Waals surface area contributed by atoms with Gasteiger partial charge in [-0.15, -0.1) is 0 Å². The Morgan fingerprint density at radius 2 is 1.64 bits per heavy atom. The molecule has 0 saturated heterocycles. The van der Waals surface area contributed by atoms with Crippen molar-refractivity contribution in [3.63, 3.8) is 0 Å². The van der Waals surface area contributed by atoms with E-state index in [9.17, 15) is 17.2 Å². The average molecular weight is 373 g/mol. The fourth-order valence-corrected chi connectivity index (χ4v) is 3.02. The van der Waals surface area contributed by atoms with E-state index in [0.29, 0.717) is 11.8 Å². The number of sulfonamides is 1. The lowest BCUT2D eigenvalue weighted by Gasteiger charge is -2.11. The van der Waals surface area contributed by atoms with Crippen LogP contribution in [-0.2, 0) is 10.0 Å². The summed E-state index contributed by atoms with van der Waals surface area (Å²) in [7, 11) is -0.972. The largest absolute Gasteiger partial charge is 0.493 e. The van der Waals surface area contributed by atoms with Crippen molar-refractivity contribution in [2.75, 3.05) is 27.4 Å². The molecule has 0 fully saturated rings. The molecule has 0 saturated carbocycles. The minimum Gasteiger partial charge on any atom is -0.493 e. The Morgan fingerprint density at radius 1 is 0.960 bits per heavy atom. The first-order valence-corrected chi connectivity index (χ1v) is 8.65. The Labute approximate surface area is 144 Å². The highest BCUT2D eigenvalue weighted by atomic mass is 32.2. The lowest BCUT2D eigenvalue weighted by atomic mass is 10.3. The minimum atomic E-state index is -3.81. The predicted octanol–water partition coefficient (Wildman–Crippen LogP) is 2.34. The summed E-state index contributed by atoms with van der Waals surface area (Å²) in [6, 6.07) is 7.02. The van der Waals surface area contributed by atoms with Crippen LogP contribution in [0.25, 0.3) is 0 Å². The van der Waals surface area contributed by atoms with Crippen molar-refractivity contribution >= 4 is 10.0 Å². The molecule has 2 aromatic rings. The summed E-state index contributed by atoms with van der Waals surface area (Å²) in [5, 5.41) is 0. The van der Waals surface area contributed by atoms with E-state index in [0.717, 1.165) is 12.1 Å². The van der Waals surface area contributed by atoms with E-state index in [-0.39, 0.29) is 29.5 Å². The van der Waals surface area contributed by atoms with E-state index in [2.05, 4.69) is 4.72 Å². The summed E-state index contributed by atoms with van der Waals surface area (Å²) >= 11 is 0. The van der Waals surface area contributed by atoms with Crippen LogP contribution in [0.2, 0.25) is 0 Å². The molecule has 2 aromatic carbocycles. The summed E-state index contributed by atoms with van der Waals surface area (Å²) in [5.41, 5.74) is 0. The van der Waals surface area contributed by atoms with Crippen molar-refractivity contribution in [1.82, 2.24) is 4.72 Å². The summed E-state index contributed by atoms with van der Waals surface area (Å²) in [6.07, 6.45) is 0. The SMILES string of the molecule is COc1ccc(S(=O)(=O)NCCOc2ccc(F)cc2F)cc1OC. The number of halogens is 2. The number of rotatable bonds is 8. The number of hydrogen-bond acceptors (Lipinski definition) is 5. The van der Waals surface area contributed by atoms with Crippen molar-refractivity contribution in [3.05, 3.63) is 48.0 Å². The Morgan fingerprint density at radius 3 is 2.28 bits per heavy atom. The molecule has 0 radical (unpaired) electrons. The van der Waals surface area contributed by atoms with E-state index >= 15 is 0 Å². The van der Waals surface area contributed by atoms with Crippen LogP contribution in [-0.4, -0.2) is 35.8 Å². The van der Waals surface area contributed by atoms with Crippen molar-refractivity contribution in [2.45, 2.75) is 4.90 Å². The number of benzene rings is 2. The fraction of sp³-hybridized carbons (Fsp3) is 0.250. The monoisotopic (exact) mass is 373 g/mol. The summed E-state index contributed by atoms with van der Waals surface area (Å²) in [6.45, 7) is -0.234. The lowest BCUT2D eigenvalue weighted by Crippen LogP contribution is -2.28. The molecule has 0 amide bonds. The molecule has 1 N–H and O–H groups in total. The van der Waals surface area contributed by atoms with Gasteiger partial charge in [-0.2, -0.15) is 0 Å². The van der Waals surface area contributed by atoms with Crippen LogP contribution in [0.3, 0.4) is 0 Å². The second-order valence-electron chi connectivity index (χ2n) is 4.84. The molecular formula is C16H17F2NO5S. The molecule has 0 spiro atoms. The van der Waals surface area contributed by atoms with Crippen molar-refractivity contribution in [3.8, 4) is 17.2 Å². The fourth-order valence-electron chi connectivity index (χ4n) is 2.00. The third-order valence-corrected chi connectivity index (χ3v) is 4.67. The molecule has 0 aliphatic heterocycles. The first-order valence-electron chi connectivity index (χ1n) is 7.17. The van der Waals surface area contributed by atoms with Gasteiger partial charge in [0.05, 0.1) is 19.1 Å². The summed E-state index contributed by atoms with van der Waals surface area (Å²) in [4.78, 5) is -0.0156. The van der Waals surface area contributed by atoms with Crippen molar-refractivity contribution in [2.24, 2.45) is 0 Å². The molecule has 0 atom stereocenters. The first-order chi connectivity index (χ1) is 11.9. The van der Waals surface area contributed by atoms with Crippen LogP contribution < -0.4 is 18.9 Å². The van der Waals surface area contributed by atoms with Crippen molar-refractivity contribution in [1.29, 1.82) is 0 Å². The Kier molecular flexibility index (Phi) is 6.16. The zero-order valence-electron chi connectivity index (χ0n) is 13.6. The maximum absolute atomic E-state index is 13.4. The molecule has 0 bridgehead atoms. The molecule has 2 rings (SSSR count). The second kappa shape index (κ2) is 8.13. The molecular weight excluding hydrogens is 356 g/mol. The van der Waals surface area contributed by atoms with Gasteiger partial charge in [0.2, 0.25) is 10.0 Å². The minimum absolute atomic E-state index is 0.0156. The van der Waals surface area contributed by atoms with Gasteiger partial charge >= 0.3 is 0 Å². The van der Waals surface area contributed by atoms with Crippen LogP contribution in [0.1, 0.15) is 0 Å². The van der Waals surface area contributed by atoms with Crippen LogP contribution in [0.5, 0.6) is 17.2 Å². The van der Waals surface area contributed by atoms with E-state index in [4.69, 9.17) is 14.2 Å². The van der Waals surface area contributed by atoms with Crippen LogP contribution in [0.15, 0.2) is 41.3 Å². The van der Waals surface area contributed by atoms with Crippen molar-refractivity contribution < 1.29 is 31.4 Å². The zero-order chi connectivity index (χ0) is 18.4. The van der Waals surface area contributed by atoms with Gasteiger partial charge in [0, 0.05) is 18.7 Å². The van der Waals surface area contributed by atoms with E-state index < -0.39 is 21.7 Å². The standard InChI is InChI=1S/C16H17F2NO5S/c1-22-15-6-4-12(10-16(15)23-2)25(20,21)19-7-8-24-14-5-3-11(17)9-13(14)18/h3-6,9-10,19H,7-8H2,1-2H3. The highest BCUT2D eigenvalue weighted by Gasteiger charge is 2.16. The third kappa shape index (κ3) is 4.80. The quantitative estimate of drug-likeness (QED) is 0.719. The highest BCUT2D eigenvalue weighted by Crippen LogP contribution is 2.29. The average Bonchev–Trinajstić information content (AvgIpc) is 2.59. The van der Waals surface area contributed by atoms with Crippen LogP contribution >= 0.6 is 0 Å². The number of hydrogen-bond donors (Lipinski definition) is 1. The van der Waals surface area contributed by atoms with E-state index in [1.165, 1.54) is 32.4 Å². The van der Waals surface area contributed by atoms with Crippen LogP contribution in [0.4, 0.5) is 8.78 Å². The Bertz CT molecular complexity index is 842. The highest BCUT2D eigenvalue weighted by molar-refractivity contribution is 7.89. The molecule has 136 valence electrons. The Balaban J connectivity index is 1.97. The van der Waals surface area contributed by atoms with Gasteiger partial charge in [-0.3, -0.25) is 0 Å². The number of methoxy groups -OCH3 is 2. The van der Waals surface area contributed by atoms with Gasteiger partial charge in [0.15, 0.2) is 23.1 Å². The number of ether oxygens (including phenoxy) is 3. The Hall–Kier alpha value is -2.39. The molecule has 9 heteroatoms. The number of nitrogens with one attached hydrogen (secondary N) is 1. The van der Waals surface area contributed by atoms with Gasteiger partial charge in [-0.1, -0.05) is 0 Å². The van der Waals surface area contributed by atoms with Gasteiger partial charge in [-0.05, 0) is 24.3 Å². The maximum atomic E-state index is 13.4. The lowest BCUT2D eigenvalue weighted by molar-refractivity contribution is 0.305. The van der Waals surface area contributed by atoms with Gasteiger partial charge in [0.25, 0.3) is 0 Å². The zero-order valence-corrected chi connectivity index (χ0v) is 14.4. The second-order valence-corrected chi connectivity index (χ2v) is 6.60. The normalized spacial score (nSPS) is 11.2. The summed E-state index contributed by atoms with van der Waals surface area (Å²) < 4.78 is 68.2. The first kappa shape index (κ1) is 18.9. The molecule has 6 nitrogen and oxygen atoms in total. The molecule has 25 heavy (non-hydrogen) atoms. The van der Waals surface area contributed by atoms with E-state index in [1.807, 2.05) is 0 Å². The maximum Gasteiger partial charge on any atom is 0.240 e. The molecule has 0 unspecified atom stereocenters. The van der Waals surface area contributed by atoms with Gasteiger partial charge in [-0.25, -0.2) is 21.9 Å². The topological polar surface area (TPSA) is 73.9 Å². The predicted molar refractivity (Wildman–Crippen MR) is 86.6 cm³/mol. The van der Waals surface area contributed by atoms with Crippen LogP contribution in [0, 0.1) is 11.6 Å². The van der Waals surface area contributed by atoms with Gasteiger partial charge in [0.1, 0.15) is 12.4 Å². The van der Waals surface area contributed by atoms with Gasteiger partial charge < -0.3 is 14.2 Å². The molecule has 0 aliphatic carbocycles. The molecule has 0 heterocycles. The molecule has 0 aromatic heterocycles. The van der Waals surface area contributed by atoms with E-state index in [1.54, 1.807) is 0 Å². The third-order valence-electron chi connectivity index (χ3n) is 3.21.